The summed E-state index contributed by atoms with van der Waals surface area (Å²) in [5.74, 6) is -0.868. The van der Waals surface area contributed by atoms with Crippen LogP contribution in [0.2, 0.25) is 0 Å². The zero-order chi connectivity index (χ0) is 19.2. The number of carbonyl (C=O) groups is 2. The number of para-hydroxylation sites is 1. The highest BCUT2D eigenvalue weighted by Crippen LogP contribution is 2.31. The molecule has 7 heteroatoms. The molecule has 138 valence electrons. The van der Waals surface area contributed by atoms with E-state index in [0.29, 0.717) is 17.4 Å². The van der Waals surface area contributed by atoms with Gasteiger partial charge in [0.2, 0.25) is 11.8 Å². The number of carbonyl (C=O) groups excluding carboxylic acids is 2. The molecule has 1 saturated heterocycles. The minimum absolute atomic E-state index is 0.00231. The maximum atomic E-state index is 13.0. The first-order valence-corrected chi connectivity index (χ1v) is 9.23. The first-order chi connectivity index (χ1) is 13.1. The largest absolute Gasteiger partial charge is 0.326 e. The summed E-state index contributed by atoms with van der Waals surface area (Å²) in [6, 6.07) is 14.8. The van der Waals surface area contributed by atoms with Gasteiger partial charge in [0.25, 0.3) is 0 Å². The van der Waals surface area contributed by atoms with E-state index in [2.05, 4.69) is 16.9 Å². The summed E-state index contributed by atoms with van der Waals surface area (Å²) in [5, 5.41) is 2.66. The number of hydrogen-bond donors (Lipinski definition) is 1. The Morgan fingerprint density at radius 1 is 1.22 bits per heavy atom. The molecule has 1 heterocycles. The molecule has 1 aliphatic heterocycles. The molecule has 27 heavy (non-hydrogen) atoms. The van der Waals surface area contributed by atoms with E-state index in [1.165, 1.54) is 40.9 Å². The van der Waals surface area contributed by atoms with Gasteiger partial charge in [-0.3, -0.25) is 14.5 Å². The van der Waals surface area contributed by atoms with Crippen LogP contribution in [0, 0.1) is 5.82 Å². The van der Waals surface area contributed by atoms with E-state index in [9.17, 15) is 14.0 Å². The lowest BCUT2D eigenvalue weighted by Crippen LogP contribution is -2.33. The van der Waals surface area contributed by atoms with Crippen LogP contribution in [0.5, 0.6) is 0 Å². The van der Waals surface area contributed by atoms with Crippen LogP contribution < -0.4 is 5.32 Å². The van der Waals surface area contributed by atoms with Gasteiger partial charge in [-0.05, 0) is 36.4 Å². The van der Waals surface area contributed by atoms with Gasteiger partial charge in [0, 0.05) is 18.7 Å². The Morgan fingerprint density at radius 2 is 1.93 bits per heavy atom. The molecule has 3 rings (SSSR count). The lowest BCUT2D eigenvalue weighted by molar-refractivity contribution is -0.127. The summed E-state index contributed by atoms with van der Waals surface area (Å²) in [5.41, 5.74) is 1.22. The number of amidine groups is 1. The van der Waals surface area contributed by atoms with E-state index >= 15 is 0 Å². The molecule has 1 atom stereocenters. The Kier molecular flexibility index (Phi) is 6.03. The molecule has 0 radical (unpaired) electrons. The summed E-state index contributed by atoms with van der Waals surface area (Å²) in [7, 11) is 0. The third-order valence-corrected chi connectivity index (χ3v) is 4.99. The van der Waals surface area contributed by atoms with Crippen molar-refractivity contribution >= 4 is 40.1 Å². The van der Waals surface area contributed by atoms with Crippen molar-refractivity contribution in [3.63, 3.8) is 0 Å². The van der Waals surface area contributed by atoms with Crippen LogP contribution in [0.4, 0.5) is 15.8 Å². The van der Waals surface area contributed by atoms with Gasteiger partial charge in [-0.15, -0.1) is 6.58 Å². The molecule has 1 aliphatic rings. The number of anilines is 1. The van der Waals surface area contributed by atoms with E-state index in [4.69, 9.17) is 0 Å². The molecule has 0 bridgehead atoms. The van der Waals surface area contributed by atoms with Crippen molar-refractivity contribution < 1.29 is 14.0 Å². The second kappa shape index (κ2) is 8.64. The second-order valence-corrected chi connectivity index (χ2v) is 7.00. The third-order valence-electron chi connectivity index (χ3n) is 3.81. The number of hydrogen-bond acceptors (Lipinski definition) is 4. The molecule has 1 N–H and O–H groups in total. The highest BCUT2D eigenvalue weighted by Gasteiger charge is 2.38. The number of rotatable bonds is 6. The SMILES string of the molecule is C=CCN1C(=O)[C@H](CC(=O)Nc2ccc(F)cc2)SC1=Nc1ccccc1. The zero-order valence-corrected chi connectivity index (χ0v) is 15.3. The van der Waals surface area contributed by atoms with Crippen LogP contribution in [0.1, 0.15) is 6.42 Å². The normalized spacial score (nSPS) is 18.0. The van der Waals surface area contributed by atoms with Crippen molar-refractivity contribution in [2.24, 2.45) is 4.99 Å². The standard InChI is InChI=1S/C20H18FN3O2S/c1-2-12-24-19(26)17(27-20(24)23-15-6-4-3-5-7-15)13-18(25)22-16-10-8-14(21)9-11-16/h2-11,17H,1,12-13H2,(H,22,25)/t17-/m0/s1. The summed E-state index contributed by atoms with van der Waals surface area (Å²) in [6.45, 7) is 4.01. The molecule has 0 saturated carbocycles. The summed E-state index contributed by atoms with van der Waals surface area (Å²) in [4.78, 5) is 31.0. The topological polar surface area (TPSA) is 61.8 Å². The Morgan fingerprint density at radius 3 is 2.59 bits per heavy atom. The van der Waals surface area contributed by atoms with Crippen LogP contribution in [0.25, 0.3) is 0 Å². The number of nitrogens with zero attached hydrogens (tertiary/aromatic N) is 2. The average molecular weight is 383 g/mol. The maximum Gasteiger partial charge on any atom is 0.242 e. The van der Waals surface area contributed by atoms with Crippen molar-refractivity contribution in [1.82, 2.24) is 4.90 Å². The quantitative estimate of drug-likeness (QED) is 0.768. The van der Waals surface area contributed by atoms with Crippen molar-refractivity contribution in [2.75, 3.05) is 11.9 Å². The number of amides is 2. The second-order valence-electron chi connectivity index (χ2n) is 5.83. The summed E-state index contributed by atoms with van der Waals surface area (Å²) < 4.78 is 13.0. The van der Waals surface area contributed by atoms with E-state index in [0.717, 1.165) is 5.69 Å². The number of benzene rings is 2. The first kappa shape index (κ1) is 18.8. The smallest absolute Gasteiger partial charge is 0.242 e. The molecule has 0 unspecified atom stereocenters. The molecule has 2 amide bonds. The van der Waals surface area contributed by atoms with Gasteiger partial charge in [-0.25, -0.2) is 9.38 Å². The van der Waals surface area contributed by atoms with Crippen molar-refractivity contribution in [3.05, 3.63) is 73.1 Å². The predicted octanol–water partition coefficient (Wildman–Crippen LogP) is 3.97. The lowest BCUT2D eigenvalue weighted by atomic mass is 10.2. The highest BCUT2D eigenvalue weighted by molar-refractivity contribution is 8.15. The van der Waals surface area contributed by atoms with Gasteiger partial charge in [0.05, 0.1) is 5.69 Å². The molecule has 0 spiro atoms. The summed E-state index contributed by atoms with van der Waals surface area (Å²) >= 11 is 1.26. The van der Waals surface area contributed by atoms with Gasteiger partial charge in [-0.2, -0.15) is 0 Å². The van der Waals surface area contributed by atoms with Gasteiger partial charge in [-0.1, -0.05) is 36.0 Å². The van der Waals surface area contributed by atoms with Crippen molar-refractivity contribution in [2.45, 2.75) is 11.7 Å². The molecule has 2 aromatic rings. The van der Waals surface area contributed by atoms with Gasteiger partial charge in [0.1, 0.15) is 11.1 Å². The predicted molar refractivity (Wildman–Crippen MR) is 106 cm³/mol. The van der Waals surface area contributed by atoms with Crippen LogP contribution in [-0.4, -0.2) is 33.7 Å². The van der Waals surface area contributed by atoms with Gasteiger partial charge in [0.15, 0.2) is 5.17 Å². The molecule has 0 aliphatic carbocycles. The Balaban J connectivity index is 1.71. The van der Waals surface area contributed by atoms with E-state index < -0.39 is 5.25 Å². The van der Waals surface area contributed by atoms with Crippen molar-refractivity contribution in [1.29, 1.82) is 0 Å². The fourth-order valence-electron chi connectivity index (χ4n) is 2.55. The van der Waals surface area contributed by atoms with E-state index in [1.807, 2.05) is 30.3 Å². The molecular weight excluding hydrogens is 365 g/mol. The summed E-state index contributed by atoms with van der Waals surface area (Å²) in [6.07, 6.45) is 1.63. The Labute approximate surface area is 161 Å². The molecule has 2 aromatic carbocycles. The monoisotopic (exact) mass is 383 g/mol. The van der Waals surface area contributed by atoms with Crippen molar-refractivity contribution in [3.8, 4) is 0 Å². The third kappa shape index (κ3) is 4.83. The number of aliphatic imine (C=N–C) groups is 1. The fourth-order valence-corrected chi connectivity index (χ4v) is 3.72. The Hall–Kier alpha value is -2.93. The number of thioether (sulfide) groups is 1. The number of nitrogens with one attached hydrogen (secondary N) is 1. The molecule has 0 aromatic heterocycles. The average Bonchev–Trinajstić information content (AvgIpc) is 2.93. The maximum absolute atomic E-state index is 13.0. The lowest BCUT2D eigenvalue weighted by Gasteiger charge is -2.13. The first-order valence-electron chi connectivity index (χ1n) is 8.35. The van der Waals surface area contributed by atoms with Crippen LogP contribution in [-0.2, 0) is 9.59 Å². The fraction of sp³-hybridized carbons (Fsp3) is 0.150. The van der Waals surface area contributed by atoms with Crippen LogP contribution in [0.3, 0.4) is 0 Å². The molecular formula is C20H18FN3O2S. The number of halogens is 1. The highest BCUT2D eigenvalue weighted by atomic mass is 32.2. The molecule has 5 nitrogen and oxygen atoms in total. The minimum atomic E-state index is -0.562. The minimum Gasteiger partial charge on any atom is -0.326 e. The van der Waals surface area contributed by atoms with Crippen LogP contribution in [0.15, 0.2) is 72.2 Å². The van der Waals surface area contributed by atoms with Crippen LogP contribution >= 0.6 is 11.8 Å². The zero-order valence-electron chi connectivity index (χ0n) is 14.5. The van der Waals surface area contributed by atoms with E-state index in [1.54, 1.807) is 6.08 Å². The van der Waals surface area contributed by atoms with Gasteiger partial charge >= 0.3 is 0 Å². The Bertz CT molecular complexity index is 869. The molecule has 1 fully saturated rings. The van der Waals surface area contributed by atoms with E-state index in [-0.39, 0.29) is 24.1 Å². The van der Waals surface area contributed by atoms with Gasteiger partial charge < -0.3 is 5.32 Å².